The van der Waals surface area contributed by atoms with E-state index in [1.54, 1.807) is 12.1 Å². The van der Waals surface area contributed by atoms with E-state index >= 15 is 0 Å². The maximum absolute atomic E-state index is 13.9. The third-order valence-electron chi connectivity index (χ3n) is 4.08. The molecule has 0 radical (unpaired) electrons. The van der Waals surface area contributed by atoms with Gasteiger partial charge in [0.15, 0.2) is 0 Å². The average molecular weight is 341 g/mol. The molecule has 5 heteroatoms. The lowest BCUT2D eigenvalue weighted by atomic mass is 9.95. The Hall–Kier alpha value is -1.13. The fourth-order valence-electron chi connectivity index (χ4n) is 2.99. The van der Waals surface area contributed by atoms with E-state index in [4.69, 9.17) is 17.3 Å². The van der Waals surface area contributed by atoms with Gasteiger partial charge in [0, 0.05) is 42.2 Å². The summed E-state index contributed by atoms with van der Waals surface area (Å²) in [5, 5.41) is 0.427. The van der Waals surface area contributed by atoms with Crippen molar-refractivity contribution < 1.29 is 4.39 Å². The number of rotatable bonds is 3. The molecule has 0 aliphatic carbocycles. The van der Waals surface area contributed by atoms with Crippen molar-refractivity contribution in [3.05, 3.63) is 70.5 Å². The number of nitrogens with two attached hydrogens (primary N) is 1. The van der Waals surface area contributed by atoms with Crippen molar-refractivity contribution in [3.8, 4) is 0 Å². The zero-order valence-electron chi connectivity index (χ0n) is 12.1. The molecular weight excluding hydrogens is 322 g/mol. The molecule has 0 bridgehead atoms. The summed E-state index contributed by atoms with van der Waals surface area (Å²) in [5.41, 5.74) is 8.18. The van der Waals surface area contributed by atoms with Crippen LogP contribution in [0.15, 0.2) is 48.5 Å². The van der Waals surface area contributed by atoms with Gasteiger partial charge in [-0.25, -0.2) is 4.39 Å². The van der Waals surface area contributed by atoms with Crippen molar-refractivity contribution in [2.45, 2.75) is 18.5 Å². The molecule has 2 nitrogen and oxygen atoms in total. The Morgan fingerprint density at radius 1 is 1.14 bits per heavy atom. The van der Waals surface area contributed by atoms with Crippen LogP contribution in [0.4, 0.5) is 4.39 Å². The van der Waals surface area contributed by atoms with E-state index in [0.717, 1.165) is 13.1 Å². The third-order valence-corrected chi connectivity index (χ3v) is 4.31. The molecule has 2 aromatic rings. The lowest BCUT2D eigenvalue weighted by Crippen LogP contribution is -2.28. The average Bonchev–Trinajstić information content (AvgIpc) is 2.84. The van der Waals surface area contributed by atoms with Crippen molar-refractivity contribution >= 4 is 24.0 Å². The van der Waals surface area contributed by atoms with E-state index in [2.05, 4.69) is 17.0 Å². The molecule has 0 amide bonds. The van der Waals surface area contributed by atoms with Gasteiger partial charge in [0.25, 0.3) is 0 Å². The van der Waals surface area contributed by atoms with Crippen molar-refractivity contribution in [3.63, 3.8) is 0 Å². The lowest BCUT2D eigenvalue weighted by molar-refractivity contribution is 0.318. The molecule has 22 heavy (non-hydrogen) atoms. The molecule has 1 fully saturated rings. The number of hydrogen-bond donors (Lipinski definition) is 1. The van der Waals surface area contributed by atoms with Crippen LogP contribution in [-0.2, 0) is 6.54 Å². The molecule has 1 saturated heterocycles. The number of nitrogens with zero attached hydrogens (tertiary/aromatic N) is 1. The molecule has 0 saturated carbocycles. The summed E-state index contributed by atoms with van der Waals surface area (Å²) < 4.78 is 13.9. The van der Waals surface area contributed by atoms with E-state index in [1.165, 1.54) is 11.6 Å². The van der Waals surface area contributed by atoms with Gasteiger partial charge in [0.05, 0.1) is 0 Å². The van der Waals surface area contributed by atoms with E-state index in [0.29, 0.717) is 23.0 Å². The van der Waals surface area contributed by atoms with E-state index in [1.807, 2.05) is 18.2 Å². The van der Waals surface area contributed by atoms with Gasteiger partial charge in [-0.15, -0.1) is 12.4 Å². The van der Waals surface area contributed by atoms with Crippen LogP contribution in [0.1, 0.15) is 17.0 Å². The Kier molecular flexibility index (Phi) is 5.81. The lowest BCUT2D eigenvalue weighted by Gasteiger charge is -2.16. The van der Waals surface area contributed by atoms with Crippen LogP contribution in [0.25, 0.3) is 0 Å². The molecule has 2 aromatic carbocycles. The van der Waals surface area contributed by atoms with Crippen LogP contribution in [0, 0.1) is 5.82 Å². The normalized spacial score (nSPS) is 21.6. The van der Waals surface area contributed by atoms with Crippen LogP contribution >= 0.6 is 24.0 Å². The molecule has 118 valence electrons. The molecule has 3 rings (SSSR count). The second-order valence-electron chi connectivity index (χ2n) is 5.61. The highest BCUT2D eigenvalue weighted by atomic mass is 35.5. The van der Waals surface area contributed by atoms with Crippen molar-refractivity contribution in [1.82, 2.24) is 4.90 Å². The second kappa shape index (κ2) is 7.42. The fraction of sp³-hybridized carbons (Fsp3) is 0.294. The summed E-state index contributed by atoms with van der Waals surface area (Å²) in [6.07, 6.45) is 0. The highest BCUT2D eigenvalue weighted by Gasteiger charge is 2.31. The topological polar surface area (TPSA) is 29.3 Å². The summed E-state index contributed by atoms with van der Waals surface area (Å²) in [5.74, 6) is 0.0563. The van der Waals surface area contributed by atoms with Gasteiger partial charge in [-0.05, 0) is 17.7 Å². The molecule has 2 N–H and O–H groups in total. The van der Waals surface area contributed by atoms with Gasteiger partial charge in [-0.2, -0.15) is 0 Å². The monoisotopic (exact) mass is 340 g/mol. The van der Waals surface area contributed by atoms with E-state index in [-0.39, 0.29) is 24.3 Å². The second-order valence-corrected chi connectivity index (χ2v) is 6.05. The summed E-state index contributed by atoms with van der Waals surface area (Å²) in [6, 6.07) is 15.2. The fourth-order valence-corrected chi connectivity index (χ4v) is 3.15. The van der Waals surface area contributed by atoms with Crippen LogP contribution in [0.3, 0.4) is 0 Å². The molecular formula is C17H19Cl2FN2. The Labute approximate surface area is 141 Å². The van der Waals surface area contributed by atoms with Gasteiger partial charge in [0.2, 0.25) is 0 Å². The molecule has 0 spiro atoms. The summed E-state index contributed by atoms with van der Waals surface area (Å²) in [4.78, 5) is 2.20. The van der Waals surface area contributed by atoms with Gasteiger partial charge in [0.1, 0.15) is 5.82 Å². The Balaban J connectivity index is 0.00000176. The van der Waals surface area contributed by atoms with Gasteiger partial charge in [-0.3, -0.25) is 4.90 Å². The molecule has 2 atom stereocenters. The molecule has 1 aliphatic rings. The first kappa shape index (κ1) is 17.2. The maximum Gasteiger partial charge on any atom is 0.129 e. The largest absolute Gasteiger partial charge is 0.326 e. The molecule has 1 heterocycles. The molecule has 0 unspecified atom stereocenters. The minimum Gasteiger partial charge on any atom is -0.326 e. The predicted molar refractivity (Wildman–Crippen MR) is 91.1 cm³/mol. The Morgan fingerprint density at radius 2 is 1.86 bits per heavy atom. The maximum atomic E-state index is 13.9. The quantitative estimate of drug-likeness (QED) is 0.919. The Bertz CT molecular complexity index is 621. The van der Waals surface area contributed by atoms with Crippen LogP contribution in [0.5, 0.6) is 0 Å². The number of benzene rings is 2. The van der Waals surface area contributed by atoms with Crippen LogP contribution in [-0.4, -0.2) is 24.0 Å². The SMILES string of the molecule is Cl.N[C@@H]1CN(Cc2ccc(Cl)cc2F)C[C@H]1c1ccccc1. The van der Waals surface area contributed by atoms with Crippen molar-refractivity contribution in [1.29, 1.82) is 0 Å². The smallest absolute Gasteiger partial charge is 0.129 e. The van der Waals surface area contributed by atoms with Crippen molar-refractivity contribution in [2.24, 2.45) is 5.73 Å². The first-order valence-corrected chi connectivity index (χ1v) is 7.48. The minimum absolute atomic E-state index is 0. The summed E-state index contributed by atoms with van der Waals surface area (Å²) >= 11 is 5.79. The highest BCUT2D eigenvalue weighted by molar-refractivity contribution is 6.30. The standard InChI is InChI=1S/C17H18ClFN2.ClH/c18-14-7-6-13(16(19)8-14)9-21-10-15(17(20)11-21)12-4-2-1-3-5-12;/h1-8,15,17H,9-11,20H2;1H/t15-,17+;/m0./s1. The number of likely N-dealkylation sites (tertiary alicyclic amines) is 1. The van der Waals surface area contributed by atoms with E-state index < -0.39 is 0 Å². The highest BCUT2D eigenvalue weighted by Crippen LogP contribution is 2.28. The first-order valence-electron chi connectivity index (χ1n) is 7.10. The number of hydrogen-bond acceptors (Lipinski definition) is 2. The van der Waals surface area contributed by atoms with Gasteiger partial charge in [-0.1, -0.05) is 48.0 Å². The van der Waals surface area contributed by atoms with Gasteiger partial charge >= 0.3 is 0 Å². The van der Waals surface area contributed by atoms with E-state index in [9.17, 15) is 4.39 Å². The summed E-state index contributed by atoms with van der Waals surface area (Å²) in [6.45, 7) is 2.20. The third kappa shape index (κ3) is 3.79. The molecule has 0 aromatic heterocycles. The zero-order valence-corrected chi connectivity index (χ0v) is 13.7. The van der Waals surface area contributed by atoms with Gasteiger partial charge < -0.3 is 5.73 Å². The molecule has 1 aliphatic heterocycles. The zero-order chi connectivity index (χ0) is 14.8. The van der Waals surface area contributed by atoms with Crippen molar-refractivity contribution in [2.75, 3.05) is 13.1 Å². The van der Waals surface area contributed by atoms with Crippen LogP contribution < -0.4 is 5.73 Å². The Morgan fingerprint density at radius 3 is 2.55 bits per heavy atom. The van der Waals surface area contributed by atoms with Crippen LogP contribution in [0.2, 0.25) is 5.02 Å². The minimum atomic E-state index is -0.251. The predicted octanol–water partition coefficient (Wildman–Crippen LogP) is 3.83. The summed E-state index contributed by atoms with van der Waals surface area (Å²) in [7, 11) is 0. The number of halogens is 3. The first-order chi connectivity index (χ1) is 10.1.